The van der Waals surface area contributed by atoms with Gasteiger partial charge in [-0.05, 0) is 76.2 Å². The number of aromatic nitrogens is 2. The first-order valence-electron chi connectivity index (χ1n) is 11.0. The van der Waals surface area contributed by atoms with E-state index in [1.165, 1.54) is 24.8 Å². The molecule has 1 aromatic carbocycles. The van der Waals surface area contributed by atoms with Gasteiger partial charge in [-0.15, -0.1) is 0 Å². The molecule has 1 atom stereocenters. The summed E-state index contributed by atoms with van der Waals surface area (Å²) in [6.07, 6.45) is 6.69. The minimum atomic E-state index is -0.00159. The maximum atomic E-state index is 13.1. The lowest BCUT2D eigenvalue weighted by Crippen LogP contribution is -2.37. The highest BCUT2D eigenvalue weighted by molar-refractivity contribution is 5.94. The molecule has 2 heterocycles. The number of carbonyl (C=O) groups is 1. The maximum Gasteiger partial charge on any atom is 0.269 e. The molecule has 1 aliphatic carbocycles. The van der Waals surface area contributed by atoms with Crippen molar-refractivity contribution < 1.29 is 9.53 Å². The number of hydrogen-bond donors (Lipinski definition) is 1. The van der Waals surface area contributed by atoms with E-state index >= 15 is 0 Å². The number of carbonyl (C=O) groups excluding carboxylic acids is 1. The lowest BCUT2D eigenvalue weighted by atomic mass is 9.95. The molecule has 1 fully saturated rings. The Morgan fingerprint density at radius 1 is 1.14 bits per heavy atom. The fourth-order valence-electron chi connectivity index (χ4n) is 4.70. The van der Waals surface area contributed by atoms with Crippen LogP contribution in [-0.2, 0) is 19.9 Å². The third-order valence-electron chi connectivity index (χ3n) is 6.15. The van der Waals surface area contributed by atoms with Crippen LogP contribution < -0.4 is 10.1 Å². The molecule has 0 spiro atoms. The Balaban J connectivity index is 1.50. The van der Waals surface area contributed by atoms with Crippen molar-refractivity contribution in [3.63, 3.8) is 0 Å². The van der Waals surface area contributed by atoms with Crippen LogP contribution in [0.4, 0.5) is 0 Å². The van der Waals surface area contributed by atoms with Crippen LogP contribution in [0.3, 0.4) is 0 Å². The van der Waals surface area contributed by atoms with E-state index in [9.17, 15) is 4.79 Å². The van der Waals surface area contributed by atoms with Crippen LogP contribution >= 0.6 is 0 Å². The van der Waals surface area contributed by atoms with E-state index in [1.807, 2.05) is 26.1 Å². The summed E-state index contributed by atoms with van der Waals surface area (Å²) in [5.41, 5.74) is 4.22. The van der Waals surface area contributed by atoms with Crippen molar-refractivity contribution in [2.75, 3.05) is 26.2 Å². The number of benzene rings is 1. The molecule has 0 radical (unpaired) electrons. The molecule has 1 N–H and O–H groups in total. The van der Waals surface area contributed by atoms with Gasteiger partial charge in [0.15, 0.2) is 0 Å². The summed E-state index contributed by atoms with van der Waals surface area (Å²) < 4.78 is 7.36. The molecule has 2 aliphatic rings. The molecule has 29 heavy (non-hydrogen) atoms. The maximum absolute atomic E-state index is 13.1. The summed E-state index contributed by atoms with van der Waals surface area (Å²) in [7, 11) is 1.89. The number of ether oxygens (including phenoxy) is 1. The van der Waals surface area contributed by atoms with Crippen molar-refractivity contribution in [3.8, 4) is 5.75 Å². The van der Waals surface area contributed by atoms with E-state index in [-0.39, 0.29) is 11.9 Å². The first-order chi connectivity index (χ1) is 14.2. The normalized spacial score (nSPS) is 17.7. The lowest BCUT2D eigenvalue weighted by molar-refractivity contribution is 0.0927. The zero-order valence-corrected chi connectivity index (χ0v) is 17.6. The van der Waals surface area contributed by atoms with Gasteiger partial charge >= 0.3 is 0 Å². The Kier molecular flexibility index (Phi) is 6.19. The van der Waals surface area contributed by atoms with Crippen LogP contribution in [0.2, 0.25) is 0 Å². The van der Waals surface area contributed by atoms with Crippen molar-refractivity contribution in [2.24, 2.45) is 7.05 Å². The second-order valence-electron chi connectivity index (χ2n) is 8.08. The van der Waals surface area contributed by atoms with Crippen LogP contribution in [0.25, 0.3) is 0 Å². The van der Waals surface area contributed by atoms with Crippen molar-refractivity contribution in [1.82, 2.24) is 20.0 Å². The largest absolute Gasteiger partial charge is 0.494 e. The van der Waals surface area contributed by atoms with Gasteiger partial charge in [-0.25, -0.2) is 0 Å². The predicted molar refractivity (Wildman–Crippen MR) is 113 cm³/mol. The van der Waals surface area contributed by atoms with Crippen molar-refractivity contribution >= 4 is 5.91 Å². The van der Waals surface area contributed by atoms with E-state index in [4.69, 9.17) is 4.74 Å². The second kappa shape index (κ2) is 8.99. The molecule has 0 bridgehead atoms. The topological polar surface area (TPSA) is 59.4 Å². The van der Waals surface area contributed by atoms with E-state index in [1.54, 1.807) is 4.68 Å². The Bertz CT molecular complexity index is 837. The summed E-state index contributed by atoms with van der Waals surface area (Å²) in [5.74, 6) is 0.889. The van der Waals surface area contributed by atoms with E-state index in [0.29, 0.717) is 13.2 Å². The summed E-state index contributed by atoms with van der Waals surface area (Å²) >= 11 is 0. The van der Waals surface area contributed by atoms with Crippen molar-refractivity contribution in [1.29, 1.82) is 0 Å². The number of nitrogens with zero attached hydrogens (tertiary/aromatic N) is 3. The number of aryl methyl sites for hydroxylation is 2. The van der Waals surface area contributed by atoms with Gasteiger partial charge in [-0.1, -0.05) is 12.1 Å². The molecule has 1 aliphatic heterocycles. The number of hydrogen-bond acceptors (Lipinski definition) is 4. The molecular weight excluding hydrogens is 364 g/mol. The van der Waals surface area contributed by atoms with Gasteiger partial charge in [0.05, 0.1) is 18.3 Å². The van der Waals surface area contributed by atoms with Gasteiger partial charge in [0.25, 0.3) is 5.91 Å². The summed E-state index contributed by atoms with van der Waals surface area (Å²) in [6, 6.07) is 8.50. The Hall–Kier alpha value is -2.34. The van der Waals surface area contributed by atoms with E-state index in [0.717, 1.165) is 55.1 Å². The summed E-state index contributed by atoms with van der Waals surface area (Å²) in [6.45, 7) is 5.42. The monoisotopic (exact) mass is 396 g/mol. The standard InChI is InChI=1S/C23H32N4O2/c1-3-29-18-12-10-17(11-13-18)21(27-14-6-7-15-27)16-24-23(28)22-19-8-4-5-9-20(19)25-26(22)2/h10-13,21H,3-9,14-16H2,1-2H3,(H,24,28)/t21-/m1/s1. The quantitative estimate of drug-likeness (QED) is 0.780. The minimum absolute atomic E-state index is 0.00159. The number of rotatable bonds is 7. The molecule has 1 saturated heterocycles. The molecule has 4 rings (SSSR count). The summed E-state index contributed by atoms with van der Waals surface area (Å²) in [4.78, 5) is 15.6. The lowest BCUT2D eigenvalue weighted by Gasteiger charge is -2.28. The van der Waals surface area contributed by atoms with Crippen molar-refractivity contribution in [3.05, 3.63) is 46.8 Å². The van der Waals surface area contributed by atoms with Crippen LogP contribution in [0.1, 0.15) is 66.0 Å². The first-order valence-corrected chi connectivity index (χ1v) is 11.0. The molecule has 1 aromatic heterocycles. The molecule has 1 amide bonds. The van der Waals surface area contributed by atoms with Crippen LogP contribution in [0.15, 0.2) is 24.3 Å². The highest BCUT2D eigenvalue weighted by Crippen LogP contribution is 2.27. The van der Waals surface area contributed by atoms with Crippen LogP contribution in [-0.4, -0.2) is 46.8 Å². The minimum Gasteiger partial charge on any atom is -0.494 e. The summed E-state index contributed by atoms with van der Waals surface area (Å²) in [5, 5.41) is 7.81. The number of fused-ring (bicyclic) bond motifs is 1. The zero-order chi connectivity index (χ0) is 20.2. The van der Waals surface area contributed by atoms with E-state index in [2.05, 4.69) is 27.4 Å². The van der Waals surface area contributed by atoms with Crippen molar-refractivity contribution in [2.45, 2.75) is 51.5 Å². The van der Waals surface area contributed by atoms with E-state index < -0.39 is 0 Å². The number of nitrogens with one attached hydrogen (secondary N) is 1. The van der Waals surface area contributed by atoms with Crippen LogP contribution in [0, 0.1) is 0 Å². The highest BCUT2D eigenvalue weighted by Gasteiger charge is 2.27. The molecule has 0 saturated carbocycles. The second-order valence-corrected chi connectivity index (χ2v) is 8.08. The Morgan fingerprint density at radius 3 is 2.59 bits per heavy atom. The SMILES string of the molecule is CCOc1ccc([C@@H](CNC(=O)c2c3c(nn2C)CCCC3)N2CCCC2)cc1. The van der Waals surface area contributed by atoms with Gasteiger partial charge in [0.2, 0.25) is 0 Å². The predicted octanol–water partition coefficient (Wildman–Crippen LogP) is 3.26. The molecule has 2 aromatic rings. The van der Waals surface area contributed by atoms with Gasteiger partial charge in [0, 0.05) is 19.2 Å². The van der Waals surface area contributed by atoms with Gasteiger partial charge in [-0.2, -0.15) is 5.10 Å². The smallest absolute Gasteiger partial charge is 0.269 e. The zero-order valence-electron chi connectivity index (χ0n) is 17.6. The number of amides is 1. The molecule has 6 nitrogen and oxygen atoms in total. The Morgan fingerprint density at radius 2 is 1.86 bits per heavy atom. The Labute approximate surface area is 173 Å². The van der Waals surface area contributed by atoms with Gasteiger partial charge in [0.1, 0.15) is 11.4 Å². The molecular formula is C23H32N4O2. The van der Waals surface area contributed by atoms with Gasteiger partial charge in [-0.3, -0.25) is 14.4 Å². The van der Waals surface area contributed by atoms with Crippen LogP contribution in [0.5, 0.6) is 5.75 Å². The fraction of sp³-hybridized carbons (Fsp3) is 0.565. The average Bonchev–Trinajstić information content (AvgIpc) is 3.36. The number of likely N-dealkylation sites (tertiary alicyclic amines) is 1. The van der Waals surface area contributed by atoms with Gasteiger partial charge < -0.3 is 10.1 Å². The molecule has 156 valence electrons. The first kappa shape index (κ1) is 20.0. The fourth-order valence-corrected chi connectivity index (χ4v) is 4.70. The molecule has 6 heteroatoms. The highest BCUT2D eigenvalue weighted by atomic mass is 16.5. The molecule has 0 unspecified atom stereocenters. The third-order valence-corrected chi connectivity index (χ3v) is 6.15. The third kappa shape index (κ3) is 4.32. The average molecular weight is 397 g/mol.